The predicted molar refractivity (Wildman–Crippen MR) is 105 cm³/mol. The molecule has 0 radical (unpaired) electrons. The Morgan fingerprint density at radius 2 is 2.11 bits per heavy atom. The van der Waals surface area contributed by atoms with E-state index in [2.05, 4.69) is 15.2 Å². The second kappa shape index (κ2) is 7.53. The zero-order valence-corrected chi connectivity index (χ0v) is 16.3. The zero-order valence-electron chi connectivity index (χ0n) is 14.7. The Hall–Kier alpha value is -2.65. The summed E-state index contributed by atoms with van der Waals surface area (Å²) < 4.78 is 11.9. The lowest BCUT2D eigenvalue weighted by Gasteiger charge is -2.16. The molecular formula is C18H16N4O3S2. The number of thiazole rings is 1. The van der Waals surface area contributed by atoms with Gasteiger partial charge < -0.3 is 8.83 Å². The van der Waals surface area contributed by atoms with Crippen molar-refractivity contribution >= 4 is 44.4 Å². The minimum absolute atomic E-state index is 0.0548. The van der Waals surface area contributed by atoms with Crippen molar-refractivity contribution in [3.05, 3.63) is 42.4 Å². The van der Waals surface area contributed by atoms with Gasteiger partial charge in [-0.15, -0.1) is 10.2 Å². The highest BCUT2D eigenvalue weighted by Crippen LogP contribution is 2.30. The van der Waals surface area contributed by atoms with Crippen molar-refractivity contribution in [2.24, 2.45) is 0 Å². The molecule has 27 heavy (non-hydrogen) atoms. The first-order chi connectivity index (χ1) is 13.2. The number of anilines is 1. The summed E-state index contributed by atoms with van der Waals surface area (Å²) >= 11 is 2.72. The molecule has 1 aromatic carbocycles. The number of hydrogen-bond donors (Lipinski definition) is 0. The van der Waals surface area contributed by atoms with Crippen molar-refractivity contribution in [1.82, 2.24) is 15.2 Å². The number of nitrogens with zero attached hydrogens (tertiary/aromatic N) is 4. The van der Waals surface area contributed by atoms with Crippen LogP contribution in [-0.4, -0.2) is 33.4 Å². The molecule has 4 aromatic rings. The van der Waals surface area contributed by atoms with Crippen LogP contribution in [0.25, 0.3) is 21.7 Å². The molecule has 0 N–H and O–H groups in total. The van der Waals surface area contributed by atoms with E-state index < -0.39 is 0 Å². The number of carbonyl (C=O) groups is 1. The van der Waals surface area contributed by atoms with Crippen LogP contribution in [0.5, 0.6) is 0 Å². The first kappa shape index (κ1) is 17.7. The van der Waals surface area contributed by atoms with E-state index in [-0.39, 0.29) is 11.7 Å². The zero-order chi connectivity index (χ0) is 18.8. The molecule has 4 rings (SSSR count). The maximum absolute atomic E-state index is 12.7. The lowest BCUT2D eigenvalue weighted by atomic mass is 10.3. The van der Waals surface area contributed by atoms with Crippen LogP contribution in [0.3, 0.4) is 0 Å². The van der Waals surface area contributed by atoms with Crippen LogP contribution in [0, 0.1) is 6.92 Å². The number of para-hydroxylation sites is 1. The molecule has 0 atom stereocenters. The number of benzene rings is 1. The van der Waals surface area contributed by atoms with Gasteiger partial charge in [-0.2, -0.15) is 0 Å². The summed E-state index contributed by atoms with van der Waals surface area (Å²) in [5.74, 6) is 1.23. The molecule has 0 aliphatic rings. The largest absolute Gasteiger partial charge is 0.469 e. The van der Waals surface area contributed by atoms with Gasteiger partial charge >= 0.3 is 0 Å². The van der Waals surface area contributed by atoms with Crippen LogP contribution in [-0.2, 0) is 4.79 Å². The molecule has 0 saturated heterocycles. The van der Waals surface area contributed by atoms with Crippen molar-refractivity contribution in [3.8, 4) is 11.5 Å². The van der Waals surface area contributed by atoms with Gasteiger partial charge in [0, 0.05) is 6.54 Å². The second-order valence-corrected chi connectivity index (χ2v) is 7.59. The number of thioether (sulfide) groups is 1. The van der Waals surface area contributed by atoms with Gasteiger partial charge in [0.15, 0.2) is 5.13 Å². The Balaban J connectivity index is 1.45. The Morgan fingerprint density at radius 3 is 2.85 bits per heavy atom. The predicted octanol–water partition coefficient (Wildman–Crippen LogP) is 4.39. The molecule has 0 fully saturated rings. The van der Waals surface area contributed by atoms with Crippen molar-refractivity contribution in [2.45, 2.75) is 19.1 Å². The number of rotatable bonds is 6. The number of hydrogen-bond acceptors (Lipinski definition) is 8. The third kappa shape index (κ3) is 3.60. The number of amides is 1. The summed E-state index contributed by atoms with van der Waals surface area (Å²) in [5.41, 5.74) is 1.65. The summed E-state index contributed by atoms with van der Waals surface area (Å²) in [7, 11) is 0. The Morgan fingerprint density at radius 1 is 1.26 bits per heavy atom. The summed E-state index contributed by atoms with van der Waals surface area (Å²) in [6.07, 6.45) is 1.57. The van der Waals surface area contributed by atoms with E-state index in [1.165, 1.54) is 23.1 Å². The van der Waals surface area contributed by atoms with E-state index in [1.807, 2.05) is 38.1 Å². The molecule has 0 spiro atoms. The molecule has 3 aromatic heterocycles. The topological polar surface area (TPSA) is 85.3 Å². The Kier molecular flexibility index (Phi) is 4.95. The molecule has 1 amide bonds. The molecule has 7 nitrogen and oxygen atoms in total. The lowest BCUT2D eigenvalue weighted by Crippen LogP contribution is -2.32. The average molecular weight is 400 g/mol. The van der Waals surface area contributed by atoms with Crippen molar-refractivity contribution in [1.29, 1.82) is 0 Å². The van der Waals surface area contributed by atoms with Crippen LogP contribution in [0.4, 0.5) is 5.13 Å². The maximum atomic E-state index is 12.7. The Labute approximate surface area is 163 Å². The van der Waals surface area contributed by atoms with E-state index in [9.17, 15) is 4.79 Å². The molecule has 138 valence electrons. The minimum atomic E-state index is -0.0548. The van der Waals surface area contributed by atoms with Crippen molar-refractivity contribution < 1.29 is 13.6 Å². The Bertz CT molecular complexity index is 1050. The molecule has 0 unspecified atom stereocenters. The quantitative estimate of drug-likeness (QED) is 0.444. The lowest BCUT2D eigenvalue weighted by molar-refractivity contribution is -0.116. The van der Waals surface area contributed by atoms with Gasteiger partial charge in [0.2, 0.25) is 5.91 Å². The number of fused-ring (bicyclic) bond motifs is 1. The second-order valence-electron chi connectivity index (χ2n) is 5.65. The van der Waals surface area contributed by atoms with Gasteiger partial charge in [-0.25, -0.2) is 4.98 Å². The van der Waals surface area contributed by atoms with Crippen LogP contribution >= 0.6 is 23.1 Å². The van der Waals surface area contributed by atoms with E-state index in [0.717, 1.165) is 15.8 Å². The van der Waals surface area contributed by atoms with Gasteiger partial charge in [0.1, 0.15) is 5.76 Å². The standard InChI is InChI=1S/C18H16N4O3S2/c1-3-22(17-19-13-6-4-5-7-14(13)27-17)15(23)10-26-18-21-20-16(25-18)12-8-9-24-11(12)2/h4-9H,3,10H2,1-2H3. The average Bonchev–Trinajstić information content (AvgIpc) is 3.39. The fourth-order valence-electron chi connectivity index (χ4n) is 2.58. The first-order valence-corrected chi connectivity index (χ1v) is 10.1. The fraction of sp³-hybridized carbons (Fsp3) is 0.222. The van der Waals surface area contributed by atoms with Crippen LogP contribution < -0.4 is 4.90 Å². The van der Waals surface area contributed by atoms with Gasteiger partial charge in [-0.1, -0.05) is 35.2 Å². The summed E-state index contributed by atoms with van der Waals surface area (Å²) in [6, 6.07) is 9.62. The normalized spacial score (nSPS) is 11.2. The highest BCUT2D eigenvalue weighted by molar-refractivity contribution is 7.99. The molecule has 0 aliphatic heterocycles. The minimum Gasteiger partial charge on any atom is -0.469 e. The van der Waals surface area contributed by atoms with Gasteiger partial charge in [-0.05, 0) is 32.0 Å². The molecular weight excluding hydrogens is 384 g/mol. The number of aryl methyl sites for hydroxylation is 1. The van der Waals surface area contributed by atoms with Gasteiger partial charge in [-0.3, -0.25) is 9.69 Å². The molecule has 9 heteroatoms. The van der Waals surface area contributed by atoms with E-state index in [1.54, 1.807) is 17.2 Å². The van der Waals surface area contributed by atoms with Crippen LogP contribution in [0.2, 0.25) is 0 Å². The maximum Gasteiger partial charge on any atom is 0.277 e. The summed E-state index contributed by atoms with van der Waals surface area (Å²) in [5, 5.41) is 9.06. The van der Waals surface area contributed by atoms with Gasteiger partial charge in [0.05, 0.1) is 27.8 Å². The first-order valence-electron chi connectivity index (χ1n) is 8.32. The smallest absolute Gasteiger partial charge is 0.277 e. The fourth-order valence-corrected chi connectivity index (χ4v) is 4.26. The molecule has 3 heterocycles. The monoisotopic (exact) mass is 400 g/mol. The van der Waals surface area contributed by atoms with E-state index >= 15 is 0 Å². The molecule has 0 aliphatic carbocycles. The van der Waals surface area contributed by atoms with Crippen molar-refractivity contribution in [3.63, 3.8) is 0 Å². The van der Waals surface area contributed by atoms with Crippen LogP contribution in [0.15, 0.2) is 50.7 Å². The number of furan rings is 1. The van der Waals surface area contributed by atoms with E-state index in [4.69, 9.17) is 8.83 Å². The molecule has 0 bridgehead atoms. The SMILES string of the molecule is CCN(C(=O)CSc1nnc(-c2ccoc2C)o1)c1nc2ccccc2s1. The highest BCUT2D eigenvalue weighted by atomic mass is 32.2. The third-order valence-electron chi connectivity index (χ3n) is 3.95. The van der Waals surface area contributed by atoms with Gasteiger partial charge in [0.25, 0.3) is 11.1 Å². The number of aromatic nitrogens is 3. The summed E-state index contributed by atoms with van der Waals surface area (Å²) in [4.78, 5) is 18.9. The molecule has 0 saturated carbocycles. The highest BCUT2D eigenvalue weighted by Gasteiger charge is 2.20. The van der Waals surface area contributed by atoms with Crippen molar-refractivity contribution in [2.75, 3.05) is 17.2 Å². The number of carbonyl (C=O) groups excluding carboxylic acids is 1. The summed E-state index contributed by atoms with van der Waals surface area (Å²) in [6.45, 7) is 4.30. The van der Waals surface area contributed by atoms with Crippen LogP contribution in [0.1, 0.15) is 12.7 Å². The van der Waals surface area contributed by atoms with E-state index in [0.29, 0.717) is 28.6 Å². The third-order valence-corrected chi connectivity index (χ3v) is 5.81.